The Morgan fingerprint density at radius 3 is 2.43 bits per heavy atom. The maximum atomic E-state index is 13.0. The number of nitrogens with one attached hydrogen (secondary N) is 1. The van der Waals surface area contributed by atoms with Crippen molar-refractivity contribution in [2.75, 3.05) is 23.3 Å². The van der Waals surface area contributed by atoms with Crippen LogP contribution in [0.4, 0.5) is 11.4 Å². The Hall–Kier alpha value is -2.83. The first-order chi connectivity index (χ1) is 14.4. The third-order valence-electron chi connectivity index (χ3n) is 5.28. The molecule has 2 aliphatic heterocycles. The molecule has 0 aliphatic carbocycles. The molecule has 0 saturated carbocycles. The number of amides is 3. The summed E-state index contributed by atoms with van der Waals surface area (Å²) < 4.78 is 0. The molecule has 2 aliphatic rings. The number of carbonyl (C=O) groups excluding carboxylic acids is 3. The summed E-state index contributed by atoms with van der Waals surface area (Å²) in [6.45, 7) is 3.22. The van der Waals surface area contributed by atoms with Gasteiger partial charge in [-0.1, -0.05) is 35.3 Å². The Morgan fingerprint density at radius 1 is 1.00 bits per heavy atom. The largest absolute Gasteiger partial charge is 0.350 e. The van der Waals surface area contributed by atoms with Gasteiger partial charge >= 0.3 is 0 Å². The quantitative estimate of drug-likeness (QED) is 0.714. The van der Waals surface area contributed by atoms with Crippen LogP contribution in [0.1, 0.15) is 28.8 Å². The average molecular weight is 444 g/mol. The van der Waals surface area contributed by atoms with Crippen molar-refractivity contribution in [2.24, 2.45) is 0 Å². The van der Waals surface area contributed by atoms with Gasteiger partial charge in [0.1, 0.15) is 10.7 Å². The van der Waals surface area contributed by atoms with Crippen LogP contribution in [-0.2, 0) is 9.59 Å². The van der Waals surface area contributed by atoms with E-state index in [2.05, 4.69) is 5.32 Å². The number of hydrogen-bond donors (Lipinski definition) is 1. The monoisotopic (exact) mass is 443 g/mol. The standard InChI is InChI=1S/C22H19Cl2N3O3/c1-13-16(23)8-5-9-17(13)27-21(29)18(24)19(22(27)30)25-15-7-4-6-14(12-15)20(28)26-10-2-3-11-26/h4-9,12,25H,2-3,10-11H2,1H3. The summed E-state index contributed by atoms with van der Waals surface area (Å²) in [4.78, 5) is 41.2. The molecule has 8 heteroatoms. The van der Waals surface area contributed by atoms with E-state index in [4.69, 9.17) is 23.2 Å². The molecule has 0 unspecified atom stereocenters. The van der Waals surface area contributed by atoms with Crippen molar-refractivity contribution in [2.45, 2.75) is 19.8 Å². The topological polar surface area (TPSA) is 69.7 Å². The van der Waals surface area contributed by atoms with E-state index in [-0.39, 0.29) is 16.6 Å². The van der Waals surface area contributed by atoms with E-state index in [0.29, 0.717) is 27.5 Å². The molecule has 0 bridgehead atoms. The molecule has 154 valence electrons. The molecule has 2 aromatic rings. The normalized spacial score (nSPS) is 16.6. The van der Waals surface area contributed by atoms with Crippen LogP contribution in [0.5, 0.6) is 0 Å². The molecular weight excluding hydrogens is 425 g/mol. The Bertz CT molecular complexity index is 1090. The van der Waals surface area contributed by atoms with E-state index in [1.54, 1.807) is 54.3 Å². The smallest absolute Gasteiger partial charge is 0.283 e. The van der Waals surface area contributed by atoms with Crippen LogP contribution >= 0.6 is 23.2 Å². The number of rotatable bonds is 4. The highest BCUT2D eigenvalue weighted by Gasteiger charge is 2.39. The molecule has 0 aromatic heterocycles. The fraction of sp³-hybridized carbons (Fsp3) is 0.227. The Labute approximate surface area is 184 Å². The molecule has 6 nitrogen and oxygen atoms in total. The van der Waals surface area contributed by atoms with E-state index < -0.39 is 11.8 Å². The first-order valence-electron chi connectivity index (χ1n) is 9.58. The van der Waals surface area contributed by atoms with Gasteiger partial charge in [0.25, 0.3) is 17.7 Å². The van der Waals surface area contributed by atoms with E-state index >= 15 is 0 Å². The number of likely N-dealkylation sites (tertiary alicyclic amines) is 1. The summed E-state index contributed by atoms with van der Waals surface area (Å²) in [6, 6.07) is 11.8. The van der Waals surface area contributed by atoms with Gasteiger partial charge in [0, 0.05) is 29.4 Å². The average Bonchev–Trinajstić information content (AvgIpc) is 3.34. The van der Waals surface area contributed by atoms with Gasteiger partial charge in [-0.3, -0.25) is 14.4 Å². The van der Waals surface area contributed by atoms with Crippen LogP contribution in [-0.4, -0.2) is 35.7 Å². The number of imide groups is 1. The highest BCUT2D eigenvalue weighted by Crippen LogP contribution is 2.34. The Balaban J connectivity index is 1.60. The third-order valence-corrected chi connectivity index (χ3v) is 6.04. The molecule has 3 amide bonds. The summed E-state index contributed by atoms with van der Waals surface area (Å²) >= 11 is 12.4. The SMILES string of the molecule is Cc1c(Cl)cccc1N1C(=O)C(Cl)=C(Nc2cccc(C(=O)N3CCCC3)c2)C1=O. The van der Waals surface area contributed by atoms with Gasteiger partial charge in [0.15, 0.2) is 0 Å². The van der Waals surface area contributed by atoms with Crippen molar-refractivity contribution in [1.82, 2.24) is 4.90 Å². The predicted octanol–water partition coefficient (Wildman–Crippen LogP) is 4.32. The number of carbonyl (C=O) groups is 3. The van der Waals surface area contributed by atoms with Crippen molar-refractivity contribution in [3.63, 3.8) is 0 Å². The minimum absolute atomic E-state index is 0.0354. The lowest BCUT2D eigenvalue weighted by Crippen LogP contribution is -2.33. The molecule has 1 N–H and O–H groups in total. The number of halogens is 2. The van der Waals surface area contributed by atoms with Gasteiger partial charge in [0.05, 0.1) is 5.69 Å². The van der Waals surface area contributed by atoms with Crippen LogP contribution < -0.4 is 10.2 Å². The molecule has 1 saturated heterocycles. The zero-order valence-electron chi connectivity index (χ0n) is 16.2. The Morgan fingerprint density at radius 2 is 1.70 bits per heavy atom. The lowest BCUT2D eigenvalue weighted by Gasteiger charge is -2.18. The molecule has 2 aromatic carbocycles. The van der Waals surface area contributed by atoms with Gasteiger partial charge < -0.3 is 10.2 Å². The van der Waals surface area contributed by atoms with E-state index in [9.17, 15) is 14.4 Å². The maximum Gasteiger partial charge on any atom is 0.283 e. The highest BCUT2D eigenvalue weighted by molar-refractivity contribution is 6.53. The van der Waals surface area contributed by atoms with Crippen LogP contribution in [0, 0.1) is 6.92 Å². The number of hydrogen-bond acceptors (Lipinski definition) is 4. The molecule has 0 radical (unpaired) electrons. The van der Waals surface area contributed by atoms with Gasteiger partial charge in [-0.05, 0) is 55.7 Å². The molecule has 0 atom stereocenters. The lowest BCUT2D eigenvalue weighted by molar-refractivity contribution is -0.120. The second-order valence-corrected chi connectivity index (χ2v) is 8.01. The molecular formula is C22H19Cl2N3O3. The maximum absolute atomic E-state index is 13.0. The molecule has 0 spiro atoms. The summed E-state index contributed by atoms with van der Waals surface area (Å²) in [5.41, 5.74) is 1.96. The summed E-state index contributed by atoms with van der Waals surface area (Å²) in [6.07, 6.45) is 2.00. The molecule has 30 heavy (non-hydrogen) atoms. The highest BCUT2D eigenvalue weighted by atomic mass is 35.5. The van der Waals surface area contributed by atoms with Gasteiger partial charge in [-0.15, -0.1) is 0 Å². The van der Waals surface area contributed by atoms with Crippen LogP contribution in [0.3, 0.4) is 0 Å². The third kappa shape index (κ3) is 3.57. The van der Waals surface area contributed by atoms with Crippen LogP contribution in [0.2, 0.25) is 5.02 Å². The van der Waals surface area contributed by atoms with Gasteiger partial charge in [0.2, 0.25) is 0 Å². The zero-order valence-corrected chi connectivity index (χ0v) is 17.8. The molecule has 1 fully saturated rings. The second-order valence-electron chi connectivity index (χ2n) is 7.22. The fourth-order valence-corrected chi connectivity index (χ4v) is 4.03. The predicted molar refractivity (Wildman–Crippen MR) is 117 cm³/mol. The number of nitrogens with zero attached hydrogens (tertiary/aromatic N) is 2. The first kappa shape index (κ1) is 20.4. The van der Waals surface area contributed by atoms with Crippen molar-refractivity contribution in [1.29, 1.82) is 0 Å². The molecule has 2 heterocycles. The fourth-order valence-electron chi connectivity index (χ4n) is 3.65. The van der Waals surface area contributed by atoms with Crippen molar-refractivity contribution in [3.8, 4) is 0 Å². The van der Waals surface area contributed by atoms with Crippen molar-refractivity contribution in [3.05, 3.63) is 69.3 Å². The minimum atomic E-state index is -0.626. The lowest BCUT2D eigenvalue weighted by atomic mass is 10.1. The van der Waals surface area contributed by atoms with Crippen LogP contribution in [0.25, 0.3) is 0 Å². The van der Waals surface area contributed by atoms with E-state index in [0.717, 1.165) is 30.8 Å². The zero-order chi connectivity index (χ0) is 21.4. The van der Waals surface area contributed by atoms with Gasteiger partial charge in [-0.25, -0.2) is 4.90 Å². The minimum Gasteiger partial charge on any atom is -0.350 e. The summed E-state index contributed by atoms with van der Waals surface area (Å²) in [5.74, 6) is -1.26. The second kappa shape index (κ2) is 8.13. The molecule has 4 rings (SSSR count). The van der Waals surface area contributed by atoms with E-state index in [1.807, 2.05) is 0 Å². The number of benzene rings is 2. The van der Waals surface area contributed by atoms with Crippen LogP contribution in [0.15, 0.2) is 53.2 Å². The summed E-state index contributed by atoms with van der Waals surface area (Å²) in [5, 5.41) is 3.15. The van der Waals surface area contributed by atoms with Crippen molar-refractivity contribution >= 4 is 52.3 Å². The summed E-state index contributed by atoms with van der Waals surface area (Å²) in [7, 11) is 0. The first-order valence-corrected chi connectivity index (χ1v) is 10.3. The van der Waals surface area contributed by atoms with E-state index in [1.165, 1.54) is 0 Å². The van der Waals surface area contributed by atoms with Gasteiger partial charge in [-0.2, -0.15) is 0 Å². The van der Waals surface area contributed by atoms with Crippen molar-refractivity contribution < 1.29 is 14.4 Å². The number of anilines is 2. The Kier molecular flexibility index (Phi) is 5.54.